The molecule has 1 aliphatic heterocycles. The standard InChI is InChI=1S/C16H26ClN3O/c1-20-10-6-15(12-20)21-16-11-14(17)5-4-13(16)3-2-8-19-9-7-18/h4-5,11,15,19H,2-3,6-10,12,18H2,1H3. The molecule has 3 N–H and O–H groups in total. The second kappa shape index (κ2) is 8.59. The summed E-state index contributed by atoms with van der Waals surface area (Å²) in [6.45, 7) is 4.63. The van der Waals surface area contributed by atoms with E-state index in [-0.39, 0.29) is 6.10 Å². The average molecular weight is 312 g/mol. The largest absolute Gasteiger partial charge is 0.489 e. The van der Waals surface area contributed by atoms with Gasteiger partial charge in [-0.3, -0.25) is 0 Å². The zero-order valence-electron chi connectivity index (χ0n) is 12.8. The molecule has 118 valence electrons. The lowest BCUT2D eigenvalue weighted by molar-refractivity contribution is 0.206. The zero-order valence-corrected chi connectivity index (χ0v) is 13.5. The molecule has 0 amide bonds. The summed E-state index contributed by atoms with van der Waals surface area (Å²) in [4.78, 5) is 2.30. The average Bonchev–Trinajstić information content (AvgIpc) is 2.86. The lowest BCUT2D eigenvalue weighted by atomic mass is 10.1. The van der Waals surface area contributed by atoms with Crippen LogP contribution in [0, 0.1) is 0 Å². The molecular formula is C16H26ClN3O. The number of nitrogens with one attached hydrogen (secondary N) is 1. The van der Waals surface area contributed by atoms with Crippen molar-refractivity contribution in [1.29, 1.82) is 0 Å². The molecule has 1 fully saturated rings. The third-order valence-electron chi connectivity index (χ3n) is 3.79. The van der Waals surface area contributed by atoms with Crippen molar-refractivity contribution in [2.24, 2.45) is 5.73 Å². The highest BCUT2D eigenvalue weighted by Crippen LogP contribution is 2.27. The molecule has 1 aromatic carbocycles. The first kappa shape index (κ1) is 16.6. The first-order valence-corrected chi connectivity index (χ1v) is 8.11. The quantitative estimate of drug-likeness (QED) is 0.720. The monoisotopic (exact) mass is 311 g/mol. The van der Waals surface area contributed by atoms with Crippen LogP contribution in [0.25, 0.3) is 0 Å². The van der Waals surface area contributed by atoms with Gasteiger partial charge in [0.15, 0.2) is 0 Å². The Kier molecular flexibility index (Phi) is 6.77. The van der Waals surface area contributed by atoms with Gasteiger partial charge in [0, 0.05) is 31.2 Å². The number of halogens is 1. The Morgan fingerprint density at radius 1 is 1.43 bits per heavy atom. The van der Waals surface area contributed by atoms with E-state index in [9.17, 15) is 0 Å². The summed E-state index contributed by atoms with van der Waals surface area (Å²) in [6, 6.07) is 5.97. The Balaban J connectivity index is 1.90. The van der Waals surface area contributed by atoms with Gasteiger partial charge in [0.1, 0.15) is 11.9 Å². The number of hydrogen-bond acceptors (Lipinski definition) is 4. The van der Waals surface area contributed by atoms with Crippen LogP contribution in [-0.4, -0.2) is 50.8 Å². The van der Waals surface area contributed by atoms with Crippen molar-refractivity contribution in [3.8, 4) is 5.75 Å². The van der Waals surface area contributed by atoms with Crippen molar-refractivity contribution in [3.63, 3.8) is 0 Å². The molecule has 0 spiro atoms. The van der Waals surface area contributed by atoms with Crippen LogP contribution in [0.15, 0.2) is 18.2 Å². The number of nitrogens with zero attached hydrogens (tertiary/aromatic N) is 1. The normalized spacial score (nSPS) is 19.1. The van der Waals surface area contributed by atoms with Crippen LogP contribution in [0.3, 0.4) is 0 Å². The molecule has 0 saturated carbocycles. The topological polar surface area (TPSA) is 50.5 Å². The molecule has 5 heteroatoms. The van der Waals surface area contributed by atoms with Gasteiger partial charge in [-0.1, -0.05) is 17.7 Å². The van der Waals surface area contributed by atoms with Crippen LogP contribution < -0.4 is 15.8 Å². The molecule has 0 bridgehead atoms. The number of hydrogen-bond donors (Lipinski definition) is 2. The summed E-state index contributed by atoms with van der Waals surface area (Å²) in [7, 11) is 2.13. The Labute approximate surface area is 132 Å². The SMILES string of the molecule is CN1CCC(Oc2cc(Cl)ccc2CCCNCCN)C1. The third-order valence-corrected chi connectivity index (χ3v) is 4.03. The van der Waals surface area contributed by atoms with Gasteiger partial charge >= 0.3 is 0 Å². The van der Waals surface area contributed by atoms with Crippen LogP contribution in [0.1, 0.15) is 18.4 Å². The lowest BCUT2D eigenvalue weighted by Crippen LogP contribution is -2.24. The van der Waals surface area contributed by atoms with E-state index in [1.807, 2.05) is 12.1 Å². The summed E-state index contributed by atoms with van der Waals surface area (Å²) >= 11 is 6.12. The number of benzene rings is 1. The summed E-state index contributed by atoms with van der Waals surface area (Å²) in [6.07, 6.45) is 3.43. The maximum atomic E-state index is 6.17. The number of aryl methyl sites for hydroxylation is 1. The number of likely N-dealkylation sites (tertiary alicyclic amines) is 1. The predicted molar refractivity (Wildman–Crippen MR) is 88.2 cm³/mol. The molecule has 21 heavy (non-hydrogen) atoms. The van der Waals surface area contributed by atoms with E-state index in [4.69, 9.17) is 22.1 Å². The smallest absolute Gasteiger partial charge is 0.124 e. The Bertz CT molecular complexity index is 442. The number of likely N-dealkylation sites (N-methyl/N-ethyl adjacent to an activating group) is 1. The number of ether oxygens (including phenoxy) is 1. The van der Waals surface area contributed by atoms with Crippen LogP contribution in [0.4, 0.5) is 0 Å². The summed E-state index contributed by atoms with van der Waals surface area (Å²) in [5, 5.41) is 4.05. The molecule has 4 nitrogen and oxygen atoms in total. The predicted octanol–water partition coefficient (Wildman–Crippen LogP) is 1.90. The highest BCUT2D eigenvalue weighted by atomic mass is 35.5. The maximum Gasteiger partial charge on any atom is 0.124 e. The van der Waals surface area contributed by atoms with Gasteiger partial charge in [-0.2, -0.15) is 0 Å². The minimum atomic E-state index is 0.280. The molecule has 1 unspecified atom stereocenters. The highest BCUT2D eigenvalue weighted by Gasteiger charge is 2.21. The summed E-state index contributed by atoms with van der Waals surface area (Å²) in [5.74, 6) is 0.946. The molecule has 2 rings (SSSR count). The van der Waals surface area contributed by atoms with E-state index in [1.54, 1.807) is 0 Å². The van der Waals surface area contributed by atoms with E-state index in [2.05, 4.69) is 23.3 Å². The minimum Gasteiger partial charge on any atom is -0.489 e. The highest BCUT2D eigenvalue weighted by molar-refractivity contribution is 6.30. The molecular weight excluding hydrogens is 286 g/mol. The molecule has 1 heterocycles. The molecule has 0 radical (unpaired) electrons. The maximum absolute atomic E-state index is 6.17. The summed E-state index contributed by atoms with van der Waals surface area (Å²) in [5.41, 5.74) is 6.70. The number of rotatable bonds is 8. The van der Waals surface area contributed by atoms with E-state index >= 15 is 0 Å². The van der Waals surface area contributed by atoms with Gasteiger partial charge in [-0.05, 0) is 50.6 Å². The van der Waals surface area contributed by atoms with Gasteiger partial charge in [-0.15, -0.1) is 0 Å². The first-order chi connectivity index (χ1) is 10.2. The Hall–Kier alpha value is -0.810. The van der Waals surface area contributed by atoms with E-state index in [0.717, 1.165) is 56.2 Å². The number of nitrogens with two attached hydrogens (primary N) is 1. The van der Waals surface area contributed by atoms with Gasteiger partial charge < -0.3 is 20.7 Å². The van der Waals surface area contributed by atoms with Gasteiger partial charge in [0.25, 0.3) is 0 Å². The Morgan fingerprint density at radius 3 is 3.00 bits per heavy atom. The van der Waals surface area contributed by atoms with Gasteiger partial charge in [-0.25, -0.2) is 0 Å². The molecule has 1 atom stereocenters. The first-order valence-electron chi connectivity index (χ1n) is 7.73. The van der Waals surface area contributed by atoms with Crippen LogP contribution in [0.2, 0.25) is 5.02 Å². The fourth-order valence-electron chi connectivity index (χ4n) is 2.65. The van der Waals surface area contributed by atoms with Crippen LogP contribution >= 0.6 is 11.6 Å². The van der Waals surface area contributed by atoms with Crippen molar-refractivity contribution < 1.29 is 4.74 Å². The van der Waals surface area contributed by atoms with Crippen molar-refractivity contribution in [1.82, 2.24) is 10.2 Å². The second-order valence-electron chi connectivity index (χ2n) is 5.69. The van der Waals surface area contributed by atoms with Gasteiger partial charge in [0.2, 0.25) is 0 Å². The molecule has 0 aromatic heterocycles. The molecule has 0 aliphatic carbocycles. The summed E-state index contributed by atoms with van der Waals surface area (Å²) < 4.78 is 6.17. The molecule has 1 aliphatic rings. The van der Waals surface area contributed by atoms with Gasteiger partial charge in [0.05, 0.1) is 0 Å². The fourth-order valence-corrected chi connectivity index (χ4v) is 2.81. The van der Waals surface area contributed by atoms with Crippen molar-refractivity contribution in [3.05, 3.63) is 28.8 Å². The second-order valence-corrected chi connectivity index (χ2v) is 6.12. The van der Waals surface area contributed by atoms with E-state index in [0.29, 0.717) is 6.54 Å². The zero-order chi connectivity index (χ0) is 15.1. The minimum absolute atomic E-state index is 0.280. The fraction of sp³-hybridized carbons (Fsp3) is 0.625. The van der Waals surface area contributed by atoms with E-state index < -0.39 is 0 Å². The van der Waals surface area contributed by atoms with Crippen LogP contribution in [0.5, 0.6) is 5.75 Å². The van der Waals surface area contributed by atoms with Crippen molar-refractivity contribution in [2.75, 3.05) is 39.8 Å². The van der Waals surface area contributed by atoms with E-state index in [1.165, 1.54) is 5.56 Å². The van der Waals surface area contributed by atoms with Crippen molar-refractivity contribution in [2.45, 2.75) is 25.4 Å². The lowest BCUT2D eigenvalue weighted by Gasteiger charge is -2.17. The Morgan fingerprint density at radius 2 is 2.29 bits per heavy atom. The van der Waals surface area contributed by atoms with Crippen molar-refractivity contribution >= 4 is 11.6 Å². The van der Waals surface area contributed by atoms with Crippen LogP contribution in [-0.2, 0) is 6.42 Å². The molecule has 1 aromatic rings. The molecule has 1 saturated heterocycles. The third kappa shape index (κ3) is 5.47.